The molecule has 9 nitrogen and oxygen atoms in total. The molecule has 3 aromatic rings. The third kappa shape index (κ3) is 6.20. The van der Waals surface area contributed by atoms with E-state index in [-0.39, 0.29) is 29.6 Å². The molecule has 0 saturated heterocycles. The summed E-state index contributed by atoms with van der Waals surface area (Å²) >= 11 is 1.34. The number of nitrogens with one attached hydrogen (secondary N) is 3. The van der Waals surface area contributed by atoms with Crippen LogP contribution in [0.1, 0.15) is 28.6 Å². The maximum Gasteiger partial charge on any atom is 0.241 e. The minimum absolute atomic E-state index is 0.0158. The molecule has 1 unspecified atom stereocenters. The highest BCUT2D eigenvalue weighted by molar-refractivity contribution is 7.89. The van der Waals surface area contributed by atoms with Crippen molar-refractivity contribution in [3.8, 4) is 0 Å². The molecule has 0 fully saturated rings. The summed E-state index contributed by atoms with van der Waals surface area (Å²) < 4.78 is 29.0. The first-order valence-electron chi connectivity index (χ1n) is 9.73. The molecule has 1 atom stereocenters. The van der Waals surface area contributed by atoms with Gasteiger partial charge in [0.1, 0.15) is 10.8 Å². The third-order valence-corrected chi connectivity index (χ3v) is 6.88. The molecule has 0 radical (unpaired) electrons. The minimum Gasteiger partial charge on any atom is -0.384 e. The van der Waals surface area contributed by atoms with Crippen LogP contribution < -0.4 is 21.5 Å². The number of amides is 1. The second-order valence-corrected chi connectivity index (χ2v) is 9.62. The molecular weight excluding hydrogens is 448 g/mol. The van der Waals surface area contributed by atoms with Gasteiger partial charge in [-0.3, -0.25) is 10.2 Å². The van der Waals surface area contributed by atoms with Crippen molar-refractivity contribution in [1.82, 2.24) is 9.71 Å². The quantitative estimate of drug-likeness (QED) is 0.224. The Labute approximate surface area is 190 Å². The largest absolute Gasteiger partial charge is 0.384 e. The van der Waals surface area contributed by atoms with Gasteiger partial charge in [0, 0.05) is 35.8 Å². The van der Waals surface area contributed by atoms with Crippen molar-refractivity contribution in [2.24, 2.45) is 11.5 Å². The maximum atomic E-state index is 13.1. The van der Waals surface area contributed by atoms with E-state index in [4.69, 9.17) is 16.9 Å². The Bertz CT molecular complexity index is 1200. The van der Waals surface area contributed by atoms with E-state index >= 15 is 0 Å². The first-order valence-corrected chi connectivity index (χ1v) is 12.1. The maximum absolute atomic E-state index is 13.1. The highest BCUT2D eigenvalue weighted by Gasteiger charge is 2.24. The monoisotopic (exact) mass is 472 g/mol. The molecule has 0 saturated carbocycles. The van der Waals surface area contributed by atoms with Gasteiger partial charge in [-0.25, -0.2) is 18.1 Å². The number of rotatable bonds is 10. The van der Waals surface area contributed by atoms with Gasteiger partial charge in [-0.05, 0) is 36.2 Å². The van der Waals surface area contributed by atoms with Crippen molar-refractivity contribution >= 4 is 38.8 Å². The van der Waals surface area contributed by atoms with E-state index < -0.39 is 16.1 Å². The molecule has 0 aliphatic heterocycles. The first kappa shape index (κ1) is 23.5. The van der Waals surface area contributed by atoms with Crippen LogP contribution in [0.2, 0.25) is 0 Å². The molecule has 32 heavy (non-hydrogen) atoms. The molecule has 0 spiro atoms. The average Bonchev–Trinajstić information content (AvgIpc) is 3.29. The average molecular weight is 473 g/mol. The number of anilines is 1. The molecule has 11 heteroatoms. The lowest BCUT2D eigenvalue weighted by atomic mass is 10.0. The van der Waals surface area contributed by atoms with Gasteiger partial charge >= 0.3 is 0 Å². The molecule has 1 amide bonds. The summed E-state index contributed by atoms with van der Waals surface area (Å²) in [6, 6.07) is 12.5. The zero-order valence-electron chi connectivity index (χ0n) is 17.1. The molecular formula is C21H24N6O3S2. The van der Waals surface area contributed by atoms with E-state index in [1.54, 1.807) is 41.9 Å². The van der Waals surface area contributed by atoms with Crippen molar-refractivity contribution in [3.63, 3.8) is 0 Å². The molecule has 7 N–H and O–H groups in total. The Kier molecular flexibility index (Phi) is 7.70. The Hall–Kier alpha value is -3.12. The van der Waals surface area contributed by atoms with Crippen LogP contribution >= 0.6 is 11.3 Å². The molecule has 168 valence electrons. The fourth-order valence-corrected chi connectivity index (χ4v) is 5.05. The van der Waals surface area contributed by atoms with E-state index in [1.807, 2.05) is 6.07 Å². The predicted octanol–water partition coefficient (Wildman–Crippen LogP) is 1.98. The van der Waals surface area contributed by atoms with Gasteiger partial charge in [0.2, 0.25) is 15.9 Å². The van der Waals surface area contributed by atoms with Crippen molar-refractivity contribution < 1.29 is 13.2 Å². The van der Waals surface area contributed by atoms with Gasteiger partial charge in [0.15, 0.2) is 0 Å². The second kappa shape index (κ2) is 10.5. The standard InChI is InChI=1S/C21H24N6O3S2/c22-8-7-19(28)26-16-5-2-6-17(13-16)32(29,30)27-18(21-25-9-10-31-21)12-14-3-1-4-15(11-14)20(23)24/h1-6,9-11,13,18,27H,7-8,12,22H2,(H3,23,24)(H,26,28). The summed E-state index contributed by atoms with van der Waals surface area (Å²) in [5, 5.41) is 12.6. The van der Waals surface area contributed by atoms with Gasteiger partial charge in [0.05, 0.1) is 10.9 Å². The summed E-state index contributed by atoms with van der Waals surface area (Å²) in [5.74, 6) is -0.354. The van der Waals surface area contributed by atoms with E-state index in [0.717, 1.165) is 5.56 Å². The Morgan fingerprint density at radius 2 is 1.97 bits per heavy atom. The molecule has 0 aliphatic rings. The van der Waals surface area contributed by atoms with Crippen molar-refractivity contribution in [1.29, 1.82) is 5.41 Å². The van der Waals surface area contributed by atoms with Crippen LogP contribution in [-0.4, -0.2) is 31.7 Å². The van der Waals surface area contributed by atoms with Crippen LogP contribution in [0.25, 0.3) is 0 Å². The van der Waals surface area contributed by atoms with Crippen molar-refractivity contribution in [3.05, 3.63) is 76.2 Å². The Morgan fingerprint density at radius 3 is 2.66 bits per heavy atom. The lowest BCUT2D eigenvalue weighted by molar-refractivity contribution is -0.116. The van der Waals surface area contributed by atoms with Crippen LogP contribution in [0, 0.1) is 5.41 Å². The lowest BCUT2D eigenvalue weighted by Crippen LogP contribution is -2.30. The van der Waals surface area contributed by atoms with E-state index in [9.17, 15) is 13.2 Å². The van der Waals surface area contributed by atoms with Gasteiger partial charge in [-0.2, -0.15) is 0 Å². The first-order chi connectivity index (χ1) is 15.3. The zero-order valence-corrected chi connectivity index (χ0v) is 18.7. The minimum atomic E-state index is -3.93. The summed E-state index contributed by atoms with van der Waals surface area (Å²) in [6.45, 7) is 0.200. The number of amidine groups is 1. The molecule has 0 bridgehead atoms. The topological polar surface area (TPSA) is 164 Å². The number of nitrogen functional groups attached to an aromatic ring is 1. The van der Waals surface area contributed by atoms with E-state index in [2.05, 4.69) is 15.0 Å². The Balaban J connectivity index is 1.85. The molecule has 3 rings (SSSR count). The number of benzene rings is 2. The zero-order chi connectivity index (χ0) is 23.1. The number of hydrogen-bond acceptors (Lipinski definition) is 7. The number of nitrogens with two attached hydrogens (primary N) is 2. The molecule has 1 aromatic heterocycles. The molecule has 2 aromatic carbocycles. The molecule has 0 aliphatic carbocycles. The summed E-state index contributed by atoms with van der Waals surface area (Å²) in [7, 11) is -3.93. The fourth-order valence-electron chi connectivity index (χ4n) is 3.04. The highest BCUT2D eigenvalue weighted by atomic mass is 32.2. The fraction of sp³-hybridized carbons (Fsp3) is 0.190. The molecule has 1 heterocycles. The van der Waals surface area contributed by atoms with Gasteiger partial charge in [-0.1, -0.05) is 24.3 Å². The summed E-state index contributed by atoms with van der Waals surface area (Å²) in [5.41, 5.74) is 12.7. The SMILES string of the molecule is N=C(N)c1cccc(CC(NS(=O)(=O)c2cccc(NC(=O)CCN)c2)c2nccs2)c1. The van der Waals surface area contributed by atoms with Gasteiger partial charge in [0.25, 0.3) is 0 Å². The van der Waals surface area contributed by atoms with Crippen molar-refractivity contribution in [2.45, 2.75) is 23.8 Å². The lowest BCUT2D eigenvalue weighted by Gasteiger charge is -2.18. The number of nitrogens with zero attached hydrogens (tertiary/aromatic N) is 1. The number of aromatic nitrogens is 1. The summed E-state index contributed by atoms with van der Waals surface area (Å²) in [4.78, 5) is 16.1. The summed E-state index contributed by atoms with van der Waals surface area (Å²) in [6.07, 6.45) is 2.07. The van der Waals surface area contributed by atoms with E-state index in [0.29, 0.717) is 22.7 Å². The smallest absolute Gasteiger partial charge is 0.241 e. The number of carbonyl (C=O) groups excluding carboxylic acids is 1. The number of sulfonamides is 1. The van der Waals surface area contributed by atoms with Crippen LogP contribution in [-0.2, 0) is 21.2 Å². The van der Waals surface area contributed by atoms with Crippen LogP contribution in [0.5, 0.6) is 0 Å². The number of hydrogen-bond donors (Lipinski definition) is 5. The normalized spacial score (nSPS) is 12.3. The second-order valence-electron chi connectivity index (χ2n) is 6.98. The van der Waals surface area contributed by atoms with Crippen LogP contribution in [0.3, 0.4) is 0 Å². The highest BCUT2D eigenvalue weighted by Crippen LogP contribution is 2.25. The van der Waals surface area contributed by atoms with Crippen molar-refractivity contribution in [2.75, 3.05) is 11.9 Å². The third-order valence-electron chi connectivity index (χ3n) is 4.52. The number of carbonyl (C=O) groups is 1. The van der Waals surface area contributed by atoms with Gasteiger partial charge in [-0.15, -0.1) is 11.3 Å². The van der Waals surface area contributed by atoms with Crippen LogP contribution in [0.15, 0.2) is 65.0 Å². The van der Waals surface area contributed by atoms with Gasteiger partial charge < -0.3 is 16.8 Å². The van der Waals surface area contributed by atoms with E-state index in [1.165, 1.54) is 23.5 Å². The number of thiazole rings is 1. The Morgan fingerprint density at radius 1 is 1.19 bits per heavy atom. The van der Waals surface area contributed by atoms with Crippen LogP contribution in [0.4, 0.5) is 5.69 Å². The predicted molar refractivity (Wildman–Crippen MR) is 125 cm³/mol.